The van der Waals surface area contributed by atoms with E-state index in [0.29, 0.717) is 0 Å². The molecule has 0 fully saturated rings. The van der Waals surface area contributed by atoms with Crippen LogP contribution in [0.3, 0.4) is 0 Å². The van der Waals surface area contributed by atoms with Crippen molar-refractivity contribution in [3.8, 4) is 44.8 Å². The normalized spacial score (nSPS) is 12.2. The van der Waals surface area contributed by atoms with Gasteiger partial charge in [-0.2, -0.15) is 0 Å². The predicted octanol–water partition coefficient (Wildman–Crippen LogP) is 12.9. The quantitative estimate of drug-likeness (QED) is 0.185. The van der Waals surface area contributed by atoms with Gasteiger partial charge in [-0.25, -0.2) is 0 Å². The maximum atomic E-state index is 5.08. The first-order chi connectivity index (χ1) is 25.8. The highest BCUT2D eigenvalue weighted by molar-refractivity contribution is 6.19. The van der Waals surface area contributed by atoms with Crippen molar-refractivity contribution in [1.82, 2.24) is 14.1 Å². The third kappa shape index (κ3) is 3.72. The van der Waals surface area contributed by atoms with Crippen molar-refractivity contribution in [2.75, 3.05) is 0 Å². The maximum absolute atomic E-state index is 5.08. The molecule has 3 heterocycles. The maximum Gasteiger partial charge on any atom is 0.0954 e. The van der Waals surface area contributed by atoms with Crippen LogP contribution in [0.2, 0.25) is 0 Å². The topological polar surface area (TPSA) is 22.8 Å². The Balaban J connectivity index is 1.12. The largest absolute Gasteiger partial charge is 0.309 e. The summed E-state index contributed by atoms with van der Waals surface area (Å²) in [6, 6.07) is 62.2. The second kappa shape index (κ2) is 10.3. The van der Waals surface area contributed by atoms with Gasteiger partial charge >= 0.3 is 0 Å². The highest BCUT2D eigenvalue weighted by Crippen LogP contribution is 2.49. The standard InChI is InChI=1S/C49H29N3/c1-2-12-34(13-3-1)51-43-17-9-8-16-37(43)40-27-32(18-21-44(40)51)33-19-22-45-41(28-33)42-26-30-10-4-5-11-31(30)29-47(42)52(45)46-23-20-38-35-14-6-7-15-36(35)39-24-25-50-49(46)48(38)39/h1-29H. The lowest BCUT2D eigenvalue weighted by Crippen LogP contribution is -1.97. The minimum atomic E-state index is 1.03. The summed E-state index contributed by atoms with van der Waals surface area (Å²) in [6.45, 7) is 0. The summed E-state index contributed by atoms with van der Waals surface area (Å²) in [5.41, 5.74) is 15.6. The van der Waals surface area contributed by atoms with Crippen molar-refractivity contribution >= 4 is 65.3 Å². The van der Waals surface area contributed by atoms with Gasteiger partial charge in [0.2, 0.25) is 0 Å². The average Bonchev–Trinajstić information content (AvgIpc) is 3.83. The molecule has 52 heavy (non-hydrogen) atoms. The Kier molecular flexibility index (Phi) is 5.50. The van der Waals surface area contributed by atoms with E-state index in [2.05, 4.69) is 179 Å². The first-order valence-corrected chi connectivity index (χ1v) is 17.9. The van der Waals surface area contributed by atoms with Crippen LogP contribution in [-0.4, -0.2) is 14.1 Å². The van der Waals surface area contributed by atoms with Crippen molar-refractivity contribution < 1.29 is 0 Å². The fraction of sp³-hybridized carbons (Fsp3) is 0. The zero-order valence-corrected chi connectivity index (χ0v) is 28.1. The summed E-state index contributed by atoms with van der Waals surface area (Å²) in [5, 5.41) is 8.69. The Labute approximate surface area is 299 Å². The van der Waals surface area contributed by atoms with Crippen molar-refractivity contribution in [1.29, 1.82) is 0 Å². The number of hydrogen-bond acceptors (Lipinski definition) is 1. The molecule has 3 heteroatoms. The smallest absolute Gasteiger partial charge is 0.0954 e. The molecular weight excluding hydrogens is 631 g/mol. The molecule has 0 spiro atoms. The molecule has 12 rings (SSSR count). The fourth-order valence-electron chi connectivity index (χ4n) is 8.99. The summed E-state index contributed by atoms with van der Waals surface area (Å²) in [5.74, 6) is 0. The third-order valence-corrected chi connectivity index (χ3v) is 11.3. The Morgan fingerprint density at radius 2 is 0.962 bits per heavy atom. The molecule has 0 saturated heterocycles. The second-order valence-electron chi connectivity index (χ2n) is 14.0. The molecule has 0 amide bonds. The summed E-state index contributed by atoms with van der Waals surface area (Å²) in [4.78, 5) is 5.08. The summed E-state index contributed by atoms with van der Waals surface area (Å²) in [6.07, 6.45) is 1.97. The van der Waals surface area contributed by atoms with E-state index < -0.39 is 0 Å². The summed E-state index contributed by atoms with van der Waals surface area (Å²) < 4.78 is 4.82. The van der Waals surface area contributed by atoms with E-state index in [-0.39, 0.29) is 0 Å². The number of para-hydroxylation sites is 2. The Morgan fingerprint density at radius 1 is 0.365 bits per heavy atom. The Bertz CT molecular complexity index is 3260. The van der Waals surface area contributed by atoms with Crippen molar-refractivity contribution in [3.63, 3.8) is 0 Å². The number of nitrogens with zero attached hydrogens (tertiary/aromatic N) is 3. The number of benzene rings is 8. The van der Waals surface area contributed by atoms with Gasteiger partial charge in [0, 0.05) is 38.8 Å². The fourth-order valence-corrected chi connectivity index (χ4v) is 8.99. The van der Waals surface area contributed by atoms with E-state index in [1.54, 1.807) is 0 Å². The molecule has 8 aromatic carbocycles. The Morgan fingerprint density at radius 3 is 1.75 bits per heavy atom. The van der Waals surface area contributed by atoms with Crippen LogP contribution < -0.4 is 0 Å². The van der Waals surface area contributed by atoms with Crippen LogP contribution in [0.1, 0.15) is 0 Å². The van der Waals surface area contributed by atoms with Gasteiger partial charge in [0.1, 0.15) is 0 Å². The minimum absolute atomic E-state index is 1.03. The van der Waals surface area contributed by atoms with Gasteiger partial charge in [-0.3, -0.25) is 4.98 Å². The van der Waals surface area contributed by atoms with Crippen LogP contribution in [0, 0.1) is 0 Å². The lowest BCUT2D eigenvalue weighted by atomic mass is 10.00. The molecule has 0 saturated carbocycles. The van der Waals surface area contributed by atoms with Crippen molar-refractivity contribution in [2.24, 2.45) is 0 Å². The van der Waals surface area contributed by atoms with Crippen molar-refractivity contribution in [3.05, 3.63) is 176 Å². The molecule has 0 radical (unpaired) electrons. The molecule has 240 valence electrons. The predicted molar refractivity (Wildman–Crippen MR) is 218 cm³/mol. The molecule has 0 aliphatic heterocycles. The zero-order valence-electron chi connectivity index (χ0n) is 28.1. The SMILES string of the molecule is c1ccc(-n2c3ccccc3c3cc(-c4ccc5c(c4)c4cc6ccccc6cc4n5-c4ccc5c6c(ccnc46)-c4ccccc4-5)ccc32)cc1. The van der Waals surface area contributed by atoms with Crippen LogP contribution in [-0.2, 0) is 0 Å². The van der Waals surface area contributed by atoms with Gasteiger partial charge < -0.3 is 9.13 Å². The van der Waals surface area contributed by atoms with Gasteiger partial charge in [-0.05, 0) is 111 Å². The van der Waals surface area contributed by atoms with E-state index in [9.17, 15) is 0 Å². The summed E-state index contributed by atoms with van der Waals surface area (Å²) >= 11 is 0. The van der Waals surface area contributed by atoms with Crippen LogP contribution in [0.4, 0.5) is 0 Å². The minimum Gasteiger partial charge on any atom is -0.309 e. The monoisotopic (exact) mass is 659 g/mol. The lowest BCUT2D eigenvalue weighted by molar-refractivity contribution is 1.18. The highest BCUT2D eigenvalue weighted by atomic mass is 15.0. The molecular formula is C49H29N3. The van der Waals surface area contributed by atoms with Crippen LogP contribution in [0.15, 0.2) is 176 Å². The molecule has 1 aliphatic carbocycles. The van der Waals surface area contributed by atoms with E-state index in [1.807, 2.05) is 6.20 Å². The first kappa shape index (κ1) is 27.8. The van der Waals surface area contributed by atoms with Gasteiger partial charge in [0.05, 0.1) is 33.3 Å². The number of rotatable bonds is 3. The molecule has 0 bridgehead atoms. The lowest BCUT2D eigenvalue weighted by Gasteiger charge is -2.13. The number of pyridine rings is 1. The van der Waals surface area contributed by atoms with E-state index >= 15 is 0 Å². The Hall–Kier alpha value is -6.97. The zero-order chi connectivity index (χ0) is 33.9. The first-order valence-electron chi connectivity index (χ1n) is 17.9. The molecule has 3 aromatic heterocycles. The van der Waals surface area contributed by atoms with Crippen molar-refractivity contribution in [2.45, 2.75) is 0 Å². The number of hydrogen-bond donors (Lipinski definition) is 0. The van der Waals surface area contributed by atoms with E-state index in [1.165, 1.54) is 98.8 Å². The van der Waals surface area contributed by atoms with Crippen LogP contribution >= 0.6 is 0 Å². The average molecular weight is 660 g/mol. The van der Waals surface area contributed by atoms with Gasteiger partial charge in [0.25, 0.3) is 0 Å². The molecule has 3 nitrogen and oxygen atoms in total. The molecule has 11 aromatic rings. The van der Waals surface area contributed by atoms with Gasteiger partial charge in [-0.15, -0.1) is 0 Å². The van der Waals surface area contributed by atoms with Crippen LogP contribution in [0.5, 0.6) is 0 Å². The van der Waals surface area contributed by atoms with Crippen LogP contribution in [0.25, 0.3) is 110 Å². The van der Waals surface area contributed by atoms with Gasteiger partial charge in [0.15, 0.2) is 0 Å². The molecule has 0 unspecified atom stereocenters. The van der Waals surface area contributed by atoms with Gasteiger partial charge in [-0.1, -0.05) is 103 Å². The number of aromatic nitrogens is 3. The molecule has 1 aliphatic rings. The molecule has 0 N–H and O–H groups in total. The number of fused-ring (bicyclic) bond motifs is 10. The van der Waals surface area contributed by atoms with E-state index in [0.717, 1.165) is 11.2 Å². The molecule has 0 atom stereocenters. The second-order valence-corrected chi connectivity index (χ2v) is 14.0. The van der Waals surface area contributed by atoms with E-state index in [4.69, 9.17) is 4.98 Å². The third-order valence-electron chi connectivity index (χ3n) is 11.3. The highest BCUT2D eigenvalue weighted by Gasteiger charge is 2.25. The summed E-state index contributed by atoms with van der Waals surface area (Å²) in [7, 11) is 0.